The third kappa shape index (κ3) is 4.91. The van der Waals surface area contributed by atoms with E-state index in [1.165, 1.54) is 24.3 Å². The van der Waals surface area contributed by atoms with Gasteiger partial charge in [-0.25, -0.2) is 0 Å². The molecule has 0 unspecified atom stereocenters. The molecule has 1 aromatic heterocycles. The molecule has 1 fully saturated rings. The standard InChI is InChI=1S/C27H18ClN3O5S/c28-22-7-3-1-5-18(22)14-29-15-19(21-6-2-4-8-23(21)29)13-25-26(33)30(27(34)37-25)16-24(32)17-9-11-20(12-10-17)31(35)36/h1-13,15H,14,16H2/b25-13+. The Bertz CT molecular complexity index is 1610. The first-order chi connectivity index (χ1) is 17.8. The molecule has 0 saturated carbocycles. The smallest absolute Gasteiger partial charge is 0.293 e. The van der Waals surface area contributed by atoms with E-state index in [0.29, 0.717) is 11.6 Å². The number of aromatic nitrogens is 1. The van der Waals surface area contributed by atoms with Crippen LogP contribution in [0.3, 0.4) is 0 Å². The van der Waals surface area contributed by atoms with Crippen LogP contribution in [0.25, 0.3) is 17.0 Å². The van der Waals surface area contributed by atoms with Crippen LogP contribution in [0.4, 0.5) is 10.5 Å². The molecule has 2 heterocycles. The van der Waals surface area contributed by atoms with Gasteiger partial charge in [-0.2, -0.15) is 0 Å². The zero-order valence-electron chi connectivity index (χ0n) is 19.2. The SMILES string of the molecule is O=C(CN1C(=O)S/C(=C/c2cn(Cc3ccccc3Cl)c3ccccc23)C1=O)c1ccc([N+](=O)[O-])cc1. The Hall–Kier alpha value is -4.21. The molecule has 184 valence electrons. The molecular weight excluding hydrogens is 514 g/mol. The van der Waals surface area contributed by atoms with Crippen molar-refractivity contribution in [2.75, 3.05) is 6.54 Å². The molecule has 0 aliphatic carbocycles. The number of nitro benzene ring substituents is 1. The number of benzene rings is 3. The fourth-order valence-corrected chi connectivity index (χ4v) is 5.14. The summed E-state index contributed by atoms with van der Waals surface area (Å²) >= 11 is 7.13. The second-order valence-electron chi connectivity index (χ2n) is 8.32. The minimum Gasteiger partial charge on any atom is -0.342 e. The number of thioether (sulfide) groups is 1. The summed E-state index contributed by atoms with van der Waals surface area (Å²) in [6, 6.07) is 20.3. The molecule has 1 aliphatic rings. The summed E-state index contributed by atoms with van der Waals surface area (Å²) in [7, 11) is 0. The lowest BCUT2D eigenvalue weighted by atomic mass is 10.1. The average Bonchev–Trinajstić information content (AvgIpc) is 3.37. The molecule has 5 rings (SSSR count). The number of nitrogens with zero attached hydrogens (tertiary/aromatic N) is 3. The van der Waals surface area contributed by atoms with E-state index in [9.17, 15) is 24.5 Å². The van der Waals surface area contributed by atoms with Gasteiger partial charge in [-0.05, 0) is 47.7 Å². The number of fused-ring (bicyclic) bond motifs is 1. The van der Waals surface area contributed by atoms with Gasteiger partial charge in [0.1, 0.15) is 0 Å². The second-order valence-corrected chi connectivity index (χ2v) is 9.72. The lowest BCUT2D eigenvalue weighted by Crippen LogP contribution is -2.33. The third-order valence-electron chi connectivity index (χ3n) is 5.98. The minimum atomic E-state index is -0.569. The molecular formula is C27H18ClN3O5S. The lowest BCUT2D eigenvalue weighted by molar-refractivity contribution is -0.384. The fourth-order valence-electron chi connectivity index (χ4n) is 4.11. The van der Waals surface area contributed by atoms with Crippen LogP contribution in [0.15, 0.2) is 83.9 Å². The highest BCUT2D eigenvalue weighted by molar-refractivity contribution is 8.18. The van der Waals surface area contributed by atoms with Crippen molar-refractivity contribution in [3.63, 3.8) is 0 Å². The van der Waals surface area contributed by atoms with Gasteiger partial charge in [0.05, 0.1) is 16.4 Å². The van der Waals surface area contributed by atoms with Crippen molar-refractivity contribution in [1.29, 1.82) is 0 Å². The maximum atomic E-state index is 13.1. The largest absolute Gasteiger partial charge is 0.342 e. The van der Waals surface area contributed by atoms with Crippen LogP contribution in [-0.2, 0) is 11.3 Å². The summed E-state index contributed by atoms with van der Waals surface area (Å²) in [6.07, 6.45) is 3.57. The van der Waals surface area contributed by atoms with E-state index in [-0.39, 0.29) is 16.2 Å². The Morgan fingerprint density at radius 3 is 2.43 bits per heavy atom. The Morgan fingerprint density at radius 2 is 1.70 bits per heavy atom. The van der Waals surface area contributed by atoms with Crippen LogP contribution >= 0.6 is 23.4 Å². The summed E-state index contributed by atoms with van der Waals surface area (Å²) in [6.45, 7) is 0.0767. The van der Waals surface area contributed by atoms with Gasteiger partial charge in [0.2, 0.25) is 0 Å². The minimum absolute atomic E-state index is 0.153. The van der Waals surface area contributed by atoms with Crippen molar-refractivity contribution in [2.45, 2.75) is 6.54 Å². The highest BCUT2D eigenvalue weighted by Crippen LogP contribution is 2.34. The number of hydrogen-bond acceptors (Lipinski definition) is 6. The first-order valence-corrected chi connectivity index (χ1v) is 12.4. The molecule has 1 saturated heterocycles. The van der Waals surface area contributed by atoms with E-state index in [2.05, 4.69) is 0 Å². The summed E-state index contributed by atoms with van der Waals surface area (Å²) in [4.78, 5) is 49.7. The molecule has 4 aromatic rings. The molecule has 1 aliphatic heterocycles. The van der Waals surface area contributed by atoms with Gasteiger partial charge >= 0.3 is 0 Å². The zero-order chi connectivity index (χ0) is 26.1. The van der Waals surface area contributed by atoms with Crippen molar-refractivity contribution in [1.82, 2.24) is 9.47 Å². The van der Waals surface area contributed by atoms with E-state index in [1.54, 1.807) is 6.08 Å². The summed E-state index contributed by atoms with van der Waals surface area (Å²) in [5, 5.41) is 11.8. The number of ketones is 1. The zero-order valence-corrected chi connectivity index (χ0v) is 20.7. The lowest BCUT2D eigenvalue weighted by Gasteiger charge is -2.11. The van der Waals surface area contributed by atoms with Crippen molar-refractivity contribution in [3.8, 4) is 0 Å². The summed E-state index contributed by atoms with van der Waals surface area (Å²) < 4.78 is 2.03. The van der Waals surface area contributed by atoms with E-state index in [0.717, 1.165) is 38.7 Å². The number of halogens is 1. The topological polar surface area (TPSA) is 103 Å². The fraction of sp³-hybridized carbons (Fsp3) is 0.0741. The van der Waals surface area contributed by atoms with Gasteiger partial charge in [-0.15, -0.1) is 0 Å². The predicted molar refractivity (Wildman–Crippen MR) is 143 cm³/mol. The number of amides is 2. The number of nitro groups is 1. The molecule has 37 heavy (non-hydrogen) atoms. The summed E-state index contributed by atoms with van der Waals surface area (Å²) in [5.41, 5.74) is 2.67. The van der Waals surface area contributed by atoms with Gasteiger partial charge in [0, 0.05) is 51.9 Å². The number of para-hydroxylation sites is 1. The van der Waals surface area contributed by atoms with Gasteiger partial charge in [-0.1, -0.05) is 48.0 Å². The molecule has 0 spiro atoms. The highest BCUT2D eigenvalue weighted by Gasteiger charge is 2.36. The van der Waals surface area contributed by atoms with Crippen LogP contribution in [0.5, 0.6) is 0 Å². The Morgan fingerprint density at radius 1 is 1.00 bits per heavy atom. The van der Waals surface area contributed by atoms with Crippen LogP contribution in [0, 0.1) is 10.1 Å². The third-order valence-corrected chi connectivity index (χ3v) is 7.26. The van der Waals surface area contributed by atoms with E-state index < -0.39 is 28.4 Å². The first-order valence-electron chi connectivity index (χ1n) is 11.2. The molecule has 0 radical (unpaired) electrons. The van der Waals surface area contributed by atoms with Crippen molar-refractivity contribution in [2.24, 2.45) is 0 Å². The van der Waals surface area contributed by atoms with E-state index in [4.69, 9.17) is 11.6 Å². The van der Waals surface area contributed by atoms with Gasteiger partial charge in [0.25, 0.3) is 16.8 Å². The highest BCUT2D eigenvalue weighted by atomic mass is 35.5. The number of carbonyl (C=O) groups excluding carboxylic acids is 3. The van der Waals surface area contributed by atoms with Crippen molar-refractivity contribution < 1.29 is 19.3 Å². The van der Waals surface area contributed by atoms with Crippen LogP contribution in [0.1, 0.15) is 21.5 Å². The number of rotatable bonds is 7. The molecule has 8 nitrogen and oxygen atoms in total. The summed E-state index contributed by atoms with van der Waals surface area (Å²) in [5.74, 6) is -1.05. The normalized spacial score (nSPS) is 14.6. The Kier molecular flexibility index (Phi) is 6.64. The molecule has 3 aromatic carbocycles. The Labute approximate surface area is 220 Å². The van der Waals surface area contributed by atoms with Gasteiger partial charge < -0.3 is 4.57 Å². The molecule has 0 atom stereocenters. The first kappa shape index (κ1) is 24.5. The number of imide groups is 1. The van der Waals surface area contributed by atoms with E-state index in [1.807, 2.05) is 59.3 Å². The van der Waals surface area contributed by atoms with Gasteiger partial charge in [-0.3, -0.25) is 29.4 Å². The van der Waals surface area contributed by atoms with E-state index >= 15 is 0 Å². The average molecular weight is 532 g/mol. The number of non-ortho nitro benzene ring substituents is 1. The van der Waals surface area contributed by atoms with Gasteiger partial charge in [0.15, 0.2) is 5.78 Å². The predicted octanol–water partition coefficient (Wildman–Crippen LogP) is 6.17. The van der Waals surface area contributed by atoms with Crippen molar-refractivity contribution >= 4 is 63.0 Å². The number of hydrogen-bond donors (Lipinski definition) is 0. The maximum absolute atomic E-state index is 13.1. The van der Waals surface area contributed by atoms with Crippen LogP contribution in [0.2, 0.25) is 5.02 Å². The number of carbonyl (C=O) groups is 3. The molecule has 10 heteroatoms. The van der Waals surface area contributed by atoms with Crippen LogP contribution < -0.4 is 0 Å². The molecule has 2 amide bonds. The second kappa shape index (κ2) is 10.0. The van der Waals surface area contributed by atoms with Crippen molar-refractivity contribution in [3.05, 3.63) is 116 Å². The quantitative estimate of drug-likeness (QED) is 0.122. The monoisotopic (exact) mass is 531 g/mol. The Balaban J connectivity index is 1.40. The van der Waals surface area contributed by atoms with Crippen LogP contribution in [-0.4, -0.2) is 37.9 Å². The maximum Gasteiger partial charge on any atom is 0.293 e. The molecule has 0 N–H and O–H groups in total. The number of Topliss-reactive ketones (excluding diaryl/α,β-unsaturated/α-hetero) is 1. The molecule has 0 bridgehead atoms.